The highest BCUT2D eigenvalue weighted by atomic mass is 79.9. The van der Waals surface area contributed by atoms with Gasteiger partial charge in [-0.1, -0.05) is 28.9 Å². The predicted molar refractivity (Wildman–Crippen MR) is 68.5 cm³/mol. The third-order valence-corrected chi connectivity index (χ3v) is 2.61. The van der Waals surface area contributed by atoms with Gasteiger partial charge in [-0.15, -0.1) is 0 Å². The van der Waals surface area contributed by atoms with E-state index in [-0.39, 0.29) is 5.56 Å². The number of aryl methyl sites for hydroxylation is 1. The highest BCUT2D eigenvalue weighted by Gasteiger charge is 2.02. The van der Waals surface area contributed by atoms with Crippen molar-refractivity contribution in [3.8, 4) is 11.6 Å². The van der Waals surface area contributed by atoms with Crippen molar-refractivity contribution >= 4 is 15.9 Å². The summed E-state index contributed by atoms with van der Waals surface area (Å²) in [5.74, 6) is 1.56. The number of aromatic nitrogens is 2. The predicted octanol–water partition coefficient (Wildman–Crippen LogP) is 2.89. The molecule has 0 atom stereocenters. The number of hydrogen-bond acceptors (Lipinski definition) is 3. The number of H-pyrrole nitrogens is 1. The molecule has 1 aromatic heterocycles. The Kier molecular flexibility index (Phi) is 3.58. The van der Waals surface area contributed by atoms with Gasteiger partial charge in [0.25, 0.3) is 5.56 Å². The van der Waals surface area contributed by atoms with E-state index in [1.807, 2.05) is 25.1 Å². The number of ether oxygens (including phenoxy) is 1. The van der Waals surface area contributed by atoms with Gasteiger partial charge in [0.1, 0.15) is 11.6 Å². The minimum Gasteiger partial charge on any atom is -0.439 e. The van der Waals surface area contributed by atoms with Crippen molar-refractivity contribution in [2.75, 3.05) is 0 Å². The van der Waals surface area contributed by atoms with E-state index in [9.17, 15) is 4.79 Å². The minimum atomic E-state index is -0.207. The van der Waals surface area contributed by atoms with Gasteiger partial charge < -0.3 is 9.72 Å². The molecule has 0 unspecified atom stereocenters. The summed E-state index contributed by atoms with van der Waals surface area (Å²) in [6.07, 6.45) is 0.658. The molecule has 17 heavy (non-hydrogen) atoms. The maximum absolute atomic E-state index is 11.3. The lowest BCUT2D eigenvalue weighted by Crippen LogP contribution is -2.10. The molecule has 4 nitrogen and oxygen atoms in total. The number of nitrogens with one attached hydrogen (secondary N) is 1. The standard InChI is InChI=1S/C12H11BrN2O2/c1-2-10-14-11(16)7-12(15-10)17-9-5-3-4-8(13)6-9/h3-7H,2H2,1H3,(H,14,15,16). The molecule has 0 amide bonds. The van der Waals surface area contributed by atoms with Crippen molar-refractivity contribution in [3.05, 3.63) is 51.0 Å². The lowest BCUT2D eigenvalue weighted by Gasteiger charge is -2.05. The van der Waals surface area contributed by atoms with Gasteiger partial charge in [-0.05, 0) is 18.2 Å². The van der Waals surface area contributed by atoms with E-state index in [1.165, 1.54) is 6.07 Å². The first kappa shape index (κ1) is 11.9. The maximum atomic E-state index is 11.3. The van der Waals surface area contributed by atoms with Crippen LogP contribution in [-0.4, -0.2) is 9.97 Å². The first-order valence-corrected chi connectivity index (χ1v) is 6.00. The van der Waals surface area contributed by atoms with Gasteiger partial charge in [0.05, 0.1) is 6.07 Å². The topological polar surface area (TPSA) is 55.0 Å². The number of benzene rings is 1. The zero-order valence-corrected chi connectivity index (χ0v) is 10.8. The van der Waals surface area contributed by atoms with Crippen molar-refractivity contribution < 1.29 is 4.74 Å². The summed E-state index contributed by atoms with van der Waals surface area (Å²) in [5, 5.41) is 0. The second-order valence-electron chi connectivity index (χ2n) is 3.44. The monoisotopic (exact) mass is 294 g/mol. The van der Waals surface area contributed by atoms with Crippen molar-refractivity contribution in [2.45, 2.75) is 13.3 Å². The molecule has 0 aliphatic rings. The van der Waals surface area contributed by atoms with E-state index in [0.29, 0.717) is 23.9 Å². The fourth-order valence-corrected chi connectivity index (χ4v) is 1.73. The summed E-state index contributed by atoms with van der Waals surface area (Å²) in [6.45, 7) is 1.92. The molecule has 5 heteroatoms. The lowest BCUT2D eigenvalue weighted by atomic mass is 10.3. The molecule has 1 aromatic carbocycles. The SMILES string of the molecule is CCc1nc(Oc2cccc(Br)c2)cc(=O)[nH]1. The summed E-state index contributed by atoms with van der Waals surface area (Å²) < 4.78 is 6.43. The third kappa shape index (κ3) is 3.17. The van der Waals surface area contributed by atoms with Gasteiger partial charge in [-0.2, -0.15) is 4.98 Å². The van der Waals surface area contributed by atoms with Crippen LogP contribution in [0.25, 0.3) is 0 Å². The Hall–Kier alpha value is -1.62. The van der Waals surface area contributed by atoms with Gasteiger partial charge in [0, 0.05) is 10.9 Å². The van der Waals surface area contributed by atoms with E-state index in [0.717, 1.165) is 4.47 Å². The molecule has 1 N–H and O–H groups in total. The van der Waals surface area contributed by atoms with Crippen LogP contribution in [0.3, 0.4) is 0 Å². The van der Waals surface area contributed by atoms with E-state index >= 15 is 0 Å². The van der Waals surface area contributed by atoms with Gasteiger partial charge in [-0.25, -0.2) is 0 Å². The molecule has 1 heterocycles. The lowest BCUT2D eigenvalue weighted by molar-refractivity contribution is 0.457. The fourth-order valence-electron chi connectivity index (χ4n) is 1.35. The van der Waals surface area contributed by atoms with Crippen LogP contribution in [0.1, 0.15) is 12.7 Å². The highest BCUT2D eigenvalue weighted by Crippen LogP contribution is 2.22. The molecule has 0 aliphatic heterocycles. The Morgan fingerprint density at radius 2 is 2.24 bits per heavy atom. The molecule has 0 fully saturated rings. The van der Waals surface area contributed by atoms with Gasteiger partial charge in [0.15, 0.2) is 0 Å². The molecule has 88 valence electrons. The van der Waals surface area contributed by atoms with Crippen molar-refractivity contribution in [2.24, 2.45) is 0 Å². The molecule has 0 saturated heterocycles. The summed E-state index contributed by atoms with van der Waals surface area (Å²) >= 11 is 3.35. The number of rotatable bonds is 3. The molecule has 2 aromatic rings. The van der Waals surface area contributed by atoms with Crippen LogP contribution in [0.15, 0.2) is 39.6 Å². The normalized spacial score (nSPS) is 10.2. The Bertz CT molecular complexity index is 581. The third-order valence-electron chi connectivity index (χ3n) is 2.12. The van der Waals surface area contributed by atoms with Crippen LogP contribution >= 0.6 is 15.9 Å². The maximum Gasteiger partial charge on any atom is 0.254 e. The van der Waals surface area contributed by atoms with Crippen LogP contribution in [0, 0.1) is 0 Å². The number of nitrogens with zero attached hydrogens (tertiary/aromatic N) is 1. The summed E-state index contributed by atoms with van der Waals surface area (Å²) in [4.78, 5) is 18.2. The minimum absolute atomic E-state index is 0.207. The second kappa shape index (κ2) is 5.14. The first-order valence-electron chi connectivity index (χ1n) is 5.21. The molecule has 0 bridgehead atoms. The van der Waals surface area contributed by atoms with E-state index in [1.54, 1.807) is 6.07 Å². The summed E-state index contributed by atoms with van der Waals surface area (Å²) in [5.41, 5.74) is -0.207. The average Bonchev–Trinajstić information content (AvgIpc) is 2.28. The zero-order chi connectivity index (χ0) is 12.3. The summed E-state index contributed by atoms with van der Waals surface area (Å²) in [6, 6.07) is 8.71. The molecular weight excluding hydrogens is 284 g/mol. The Labute approximate surface area is 107 Å². The average molecular weight is 295 g/mol. The quantitative estimate of drug-likeness (QED) is 0.947. The van der Waals surface area contributed by atoms with Crippen LogP contribution in [-0.2, 0) is 6.42 Å². The largest absolute Gasteiger partial charge is 0.439 e. The number of hydrogen-bond donors (Lipinski definition) is 1. The molecule has 0 saturated carbocycles. The summed E-state index contributed by atoms with van der Waals surface area (Å²) in [7, 11) is 0. The molecule has 0 spiro atoms. The number of halogens is 1. The smallest absolute Gasteiger partial charge is 0.254 e. The van der Waals surface area contributed by atoms with E-state index < -0.39 is 0 Å². The van der Waals surface area contributed by atoms with E-state index in [4.69, 9.17) is 4.74 Å². The van der Waals surface area contributed by atoms with Gasteiger partial charge >= 0.3 is 0 Å². The second-order valence-corrected chi connectivity index (χ2v) is 4.36. The van der Waals surface area contributed by atoms with Gasteiger partial charge in [-0.3, -0.25) is 4.79 Å². The highest BCUT2D eigenvalue weighted by molar-refractivity contribution is 9.10. The molecule has 0 aliphatic carbocycles. The number of aromatic amines is 1. The van der Waals surface area contributed by atoms with Crippen LogP contribution in [0.4, 0.5) is 0 Å². The molecule has 2 rings (SSSR count). The Balaban J connectivity index is 2.29. The van der Waals surface area contributed by atoms with Crippen molar-refractivity contribution in [1.82, 2.24) is 9.97 Å². The Morgan fingerprint density at radius 3 is 2.94 bits per heavy atom. The van der Waals surface area contributed by atoms with Crippen LogP contribution < -0.4 is 10.3 Å². The van der Waals surface area contributed by atoms with Crippen molar-refractivity contribution in [1.29, 1.82) is 0 Å². The zero-order valence-electron chi connectivity index (χ0n) is 9.24. The first-order chi connectivity index (χ1) is 8.17. The van der Waals surface area contributed by atoms with Gasteiger partial charge in [0.2, 0.25) is 5.88 Å². The van der Waals surface area contributed by atoms with E-state index in [2.05, 4.69) is 25.9 Å². The van der Waals surface area contributed by atoms with Crippen LogP contribution in [0.5, 0.6) is 11.6 Å². The van der Waals surface area contributed by atoms with Crippen molar-refractivity contribution in [3.63, 3.8) is 0 Å². The molecule has 0 radical (unpaired) electrons. The Morgan fingerprint density at radius 1 is 1.41 bits per heavy atom. The fraction of sp³-hybridized carbons (Fsp3) is 0.167. The van der Waals surface area contributed by atoms with Crippen LogP contribution in [0.2, 0.25) is 0 Å². The molecular formula is C12H11BrN2O2.